The predicted octanol–water partition coefficient (Wildman–Crippen LogP) is 2.27. The Morgan fingerprint density at radius 1 is 0.938 bits per heavy atom. The molecule has 0 aliphatic rings. The average molecular weight is 215 g/mol. The van der Waals surface area contributed by atoms with E-state index in [0.29, 0.717) is 12.1 Å². The number of hydrogen-bond acceptors (Lipinski definition) is 3. The molecular formula is C13H13NO2. The molecule has 0 heterocycles. The summed E-state index contributed by atoms with van der Waals surface area (Å²) in [5.74, 6) is 0.351. The van der Waals surface area contributed by atoms with Gasteiger partial charge in [0.1, 0.15) is 11.5 Å². The van der Waals surface area contributed by atoms with Gasteiger partial charge in [-0.25, -0.2) is 0 Å². The fraction of sp³-hybridized carbons (Fsp3) is 0.0769. The highest BCUT2D eigenvalue weighted by Gasteiger charge is 2.01. The van der Waals surface area contributed by atoms with Crippen LogP contribution >= 0.6 is 0 Å². The van der Waals surface area contributed by atoms with E-state index in [9.17, 15) is 10.2 Å². The fourth-order valence-corrected chi connectivity index (χ4v) is 1.62. The molecule has 16 heavy (non-hydrogen) atoms. The Balaban J connectivity index is 2.24. The van der Waals surface area contributed by atoms with Gasteiger partial charge >= 0.3 is 0 Å². The maximum absolute atomic E-state index is 9.33. The molecule has 0 spiro atoms. The summed E-state index contributed by atoms with van der Waals surface area (Å²) in [5, 5.41) is 18.6. The molecule has 0 bridgehead atoms. The van der Waals surface area contributed by atoms with Gasteiger partial charge in [0.15, 0.2) is 0 Å². The smallest absolute Gasteiger partial charge is 0.138 e. The largest absolute Gasteiger partial charge is 0.508 e. The minimum atomic E-state index is 0.0969. The first kappa shape index (κ1) is 10.4. The maximum atomic E-state index is 9.33. The Labute approximate surface area is 93.8 Å². The van der Waals surface area contributed by atoms with Crippen molar-refractivity contribution in [2.75, 3.05) is 5.73 Å². The summed E-state index contributed by atoms with van der Waals surface area (Å²) in [7, 11) is 0. The number of nitrogen functional groups attached to an aromatic ring is 1. The molecule has 0 aromatic heterocycles. The first-order chi connectivity index (χ1) is 7.65. The SMILES string of the molecule is Nc1cc(Cc2cccc(O)c2)ccc1O. The first-order valence-corrected chi connectivity index (χ1v) is 5.00. The topological polar surface area (TPSA) is 66.5 Å². The number of phenols is 2. The zero-order valence-corrected chi connectivity index (χ0v) is 8.72. The lowest BCUT2D eigenvalue weighted by Gasteiger charge is -2.05. The van der Waals surface area contributed by atoms with Gasteiger partial charge in [0.05, 0.1) is 5.69 Å². The van der Waals surface area contributed by atoms with Gasteiger partial charge in [0.2, 0.25) is 0 Å². The van der Waals surface area contributed by atoms with E-state index in [1.807, 2.05) is 12.1 Å². The summed E-state index contributed by atoms with van der Waals surface area (Å²) < 4.78 is 0. The average Bonchev–Trinajstić information content (AvgIpc) is 2.24. The molecule has 4 N–H and O–H groups in total. The van der Waals surface area contributed by atoms with Crippen molar-refractivity contribution in [3.63, 3.8) is 0 Å². The zero-order valence-electron chi connectivity index (χ0n) is 8.72. The van der Waals surface area contributed by atoms with Gasteiger partial charge in [0.25, 0.3) is 0 Å². The van der Waals surface area contributed by atoms with Gasteiger partial charge in [-0.15, -0.1) is 0 Å². The van der Waals surface area contributed by atoms with Crippen LogP contribution in [0.15, 0.2) is 42.5 Å². The molecule has 0 fully saturated rings. The highest BCUT2D eigenvalue weighted by atomic mass is 16.3. The van der Waals surface area contributed by atoms with E-state index in [-0.39, 0.29) is 11.5 Å². The number of rotatable bonds is 2. The number of aromatic hydroxyl groups is 2. The Kier molecular flexibility index (Phi) is 2.68. The number of hydrogen-bond donors (Lipinski definition) is 3. The molecule has 0 aliphatic carbocycles. The molecule has 0 amide bonds. The molecular weight excluding hydrogens is 202 g/mol. The number of benzene rings is 2. The maximum Gasteiger partial charge on any atom is 0.138 e. The highest BCUT2D eigenvalue weighted by Crippen LogP contribution is 2.22. The van der Waals surface area contributed by atoms with E-state index in [0.717, 1.165) is 11.1 Å². The van der Waals surface area contributed by atoms with Crippen LogP contribution in [0.2, 0.25) is 0 Å². The van der Waals surface area contributed by atoms with E-state index in [1.54, 1.807) is 30.3 Å². The van der Waals surface area contributed by atoms with E-state index in [4.69, 9.17) is 5.73 Å². The van der Waals surface area contributed by atoms with E-state index in [2.05, 4.69) is 0 Å². The Hall–Kier alpha value is -2.16. The third kappa shape index (κ3) is 2.25. The molecule has 0 radical (unpaired) electrons. The van der Waals surface area contributed by atoms with E-state index < -0.39 is 0 Å². The lowest BCUT2D eigenvalue weighted by molar-refractivity contribution is 0.474. The third-order valence-electron chi connectivity index (χ3n) is 2.41. The van der Waals surface area contributed by atoms with Crippen molar-refractivity contribution < 1.29 is 10.2 Å². The van der Waals surface area contributed by atoms with Gasteiger partial charge in [-0.1, -0.05) is 18.2 Å². The Morgan fingerprint density at radius 3 is 2.38 bits per heavy atom. The number of phenolic OH excluding ortho intramolecular Hbond substituents is 2. The minimum Gasteiger partial charge on any atom is -0.508 e. The summed E-state index contributed by atoms with van der Waals surface area (Å²) in [6.07, 6.45) is 0.679. The second-order valence-corrected chi connectivity index (χ2v) is 3.74. The van der Waals surface area contributed by atoms with Crippen molar-refractivity contribution in [2.45, 2.75) is 6.42 Å². The van der Waals surface area contributed by atoms with Crippen molar-refractivity contribution in [3.8, 4) is 11.5 Å². The first-order valence-electron chi connectivity index (χ1n) is 5.00. The van der Waals surface area contributed by atoms with Crippen LogP contribution in [0.5, 0.6) is 11.5 Å². The lowest BCUT2D eigenvalue weighted by atomic mass is 10.0. The third-order valence-corrected chi connectivity index (χ3v) is 2.41. The molecule has 0 saturated heterocycles. The van der Waals surface area contributed by atoms with Crippen LogP contribution in [0.3, 0.4) is 0 Å². The van der Waals surface area contributed by atoms with Crippen LogP contribution in [-0.4, -0.2) is 10.2 Å². The van der Waals surface area contributed by atoms with E-state index in [1.165, 1.54) is 0 Å². The number of nitrogens with two attached hydrogens (primary N) is 1. The van der Waals surface area contributed by atoms with E-state index >= 15 is 0 Å². The molecule has 0 aliphatic heterocycles. The summed E-state index contributed by atoms with van der Waals surface area (Å²) in [6, 6.07) is 12.2. The standard InChI is InChI=1S/C13H13NO2/c14-12-8-10(4-5-13(12)16)6-9-2-1-3-11(15)7-9/h1-5,7-8,15-16H,6,14H2. The van der Waals surface area contributed by atoms with Crippen molar-refractivity contribution in [1.29, 1.82) is 0 Å². The van der Waals surface area contributed by atoms with Gasteiger partial charge in [-0.05, 0) is 41.8 Å². The van der Waals surface area contributed by atoms with Crippen LogP contribution < -0.4 is 5.73 Å². The van der Waals surface area contributed by atoms with Gasteiger partial charge in [-0.2, -0.15) is 0 Å². The molecule has 3 nitrogen and oxygen atoms in total. The van der Waals surface area contributed by atoms with Crippen LogP contribution in [0, 0.1) is 0 Å². The van der Waals surface area contributed by atoms with Crippen molar-refractivity contribution in [2.24, 2.45) is 0 Å². The minimum absolute atomic E-state index is 0.0969. The normalized spacial score (nSPS) is 10.2. The molecule has 82 valence electrons. The molecule has 0 atom stereocenters. The summed E-state index contributed by atoms with van der Waals surface area (Å²) in [6.45, 7) is 0. The molecule has 0 saturated carbocycles. The fourth-order valence-electron chi connectivity index (χ4n) is 1.62. The Bertz CT molecular complexity index is 509. The second kappa shape index (κ2) is 4.14. The molecule has 2 aromatic rings. The summed E-state index contributed by atoms with van der Waals surface area (Å²) in [5.41, 5.74) is 7.98. The van der Waals surface area contributed by atoms with Crippen molar-refractivity contribution >= 4 is 5.69 Å². The molecule has 2 rings (SSSR count). The number of anilines is 1. The predicted molar refractivity (Wildman–Crippen MR) is 63.4 cm³/mol. The van der Waals surface area contributed by atoms with Crippen LogP contribution in [-0.2, 0) is 6.42 Å². The van der Waals surface area contributed by atoms with Gasteiger partial charge in [0, 0.05) is 0 Å². The lowest BCUT2D eigenvalue weighted by Crippen LogP contribution is -1.91. The summed E-state index contributed by atoms with van der Waals surface area (Å²) >= 11 is 0. The van der Waals surface area contributed by atoms with Crippen molar-refractivity contribution in [1.82, 2.24) is 0 Å². The molecule has 2 aromatic carbocycles. The second-order valence-electron chi connectivity index (χ2n) is 3.74. The summed E-state index contributed by atoms with van der Waals surface area (Å²) in [4.78, 5) is 0. The highest BCUT2D eigenvalue weighted by molar-refractivity contribution is 5.53. The quantitative estimate of drug-likeness (QED) is 0.531. The zero-order chi connectivity index (χ0) is 11.5. The Morgan fingerprint density at radius 2 is 1.69 bits per heavy atom. The molecule has 3 heteroatoms. The van der Waals surface area contributed by atoms with Crippen LogP contribution in [0.1, 0.15) is 11.1 Å². The van der Waals surface area contributed by atoms with Crippen LogP contribution in [0.4, 0.5) is 5.69 Å². The van der Waals surface area contributed by atoms with Gasteiger partial charge in [-0.3, -0.25) is 0 Å². The molecule has 0 unspecified atom stereocenters. The van der Waals surface area contributed by atoms with Crippen LogP contribution in [0.25, 0.3) is 0 Å². The van der Waals surface area contributed by atoms with Gasteiger partial charge < -0.3 is 15.9 Å². The van der Waals surface area contributed by atoms with Crippen molar-refractivity contribution in [3.05, 3.63) is 53.6 Å². The monoisotopic (exact) mass is 215 g/mol.